The highest BCUT2D eigenvalue weighted by Gasteiger charge is 2.27. The van der Waals surface area contributed by atoms with E-state index in [0.29, 0.717) is 18.1 Å². The summed E-state index contributed by atoms with van der Waals surface area (Å²) in [5.74, 6) is 0.873. The maximum absolute atomic E-state index is 11.9. The van der Waals surface area contributed by atoms with Gasteiger partial charge in [-0.3, -0.25) is 0 Å². The third kappa shape index (κ3) is 5.62. The summed E-state index contributed by atoms with van der Waals surface area (Å²) < 4.78 is 45.2. The Kier molecular flexibility index (Phi) is 5.58. The molecule has 1 aliphatic rings. The van der Waals surface area contributed by atoms with Crippen molar-refractivity contribution in [3.05, 3.63) is 11.7 Å². The summed E-state index contributed by atoms with van der Waals surface area (Å²) in [6.45, 7) is -1.38. The van der Waals surface area contributed by atoms with Crippen LogP contribution >= 0.6 is 0 Å². The number of nitrogens with zero attached hydrogens (tertiary/aromatic N) is 2. The number of hydrogen-bond acceptors (Lipinski definition) is 5. The van der Waals surface area contributed by atoms with Crippen molar-refractivity contribution in [1.29, 1.82) is 0 Å². The predicted molar refractivity (Wildman–Crippen MR) is 66.5 cm³/mol. The summed E-state index contributed by atoms with van der Waals surface area (Å²) in [5, 5.41) is 13.6. The maximum Gasteiger partial charge on any atom is 0.411 e. The fraction of sp³-hybridized carbons (Fsp3) is 0.846. The van der Waals surface area contributed by atoms with Gasteiger partial charge in [0.2, 0.25) is 5.89 Å². The monoisotopic (exact) mass is 308 g/mol. The second-order valence-corrected chi connectivity index (χ2v) is 5.34. The first-order valence-corrected chi connectivity index (χ1v) is 7.08. The van der Waals surface area contributed by atoms with E-state index in [0.717, 1.165) is 25.7 Å². The molecule has 1 aliphatic carbocycles. The Morgan fingerprint density at radius 2 is 2.05 bits per heavy atom. The molecule has 2 atom stereocenters. The average molecular weight is 308 g/mol. The first-order valence-electron chi connectivity index (χ1n) is 7.08. The third-order valence-corrected chi connectivity index (χ3v) is 3.55. The smallest absolute Gasteiger partial charge is 0.393 e. The van der Waals surface area contributed by atoms with Gasteiger partial charge in [0.1, 0.15) is 6.61 Å². The fourth-order valence-electron chi connectivity index (χ4n) is 2.48. The number of aliphatic hydroxyl groups is 1. The zero-order valence-corrected chi connectivity index (χ0v) is 11.6. The van der Waals surface area contributed by atoms with Crippen LogP contribution in [0, 0.1) is 5.92 Å². The van der Waals surface area contributed by atoms with Gasteiger partial charge >= 0.3 is 6.18 Å². The molecular formula is C13H19F3N2O3. The molecule has 0 saturated heterocycles. The van der Waals surface area contributed by atoms with Gasteiger partial charge in [0.25, 0.3) is 0 Å². The minimum absolute atomic E-state index is 0.107. The highest BCUT2D eigenvalue weighted by Crippen LogP contribution is 2.27. The molecule has 1 aromatic rings. The zero-order valence-electron chi connectivity index (χ0n) is 11.6. The van der Waals surface area contributed by atoms with Crippen LogP contribution in [0.3, 0.4) is 0 Å². The van der Waals surface area contributed by atoms with Crippen molar-refractivity contribution in [2.45, 2.75) is 50.8 Å². The van der Waals surface area contributed by atoms with E-state index in [1.807, 2.05) is 0 Å². The van der Waals surface area contributed by atoms with Crippen LogP contribution in [0.15, 0.2) is 4.52 Å². The van der Waals surface area contributed by atoms with E-state index in [1.165, 1.54) is 0 Å². The molecule has 2 rings (SSSR count). The standard InChI is InChI=1S/C13H19F3N2O3/c14-13(15,16)8-20-6-5-11-17-12(21-18-11)7-9-3-1-2-4-10(9)19/h9-10,19H,1-8H2. The van der Waals surface area contributed by atoms with Crippen LogP contribution in [0.4, 0.5) is 13.2 Å². The fourth-order valence-corrected chi connectivity index (χ4v) is 2.48. The molecule has 5 nitrogen and oxygen atoms in total. The maximum atomic E-state index is 11.9. The number of halogens is 3. The van der Waals surface area contributed by atoms with Crippen molar-refractivity contribution in [2.75, 3.05) is 13.2 Å². The molecule has 0 amide bonds. The van der Waals surface area contributed by atoms with Crippen LogP contribution in [0.1, 0.15) is 37.4 Å². The lowest BCUT2D eigenvalue weighted by atomic mass is 9.84. The van der Waals surface area contributed by atoms with E-state index in [4.69, 9.17) is 4.52 Å². The lowest BCUT2D eigenvalue weighted by Gasteiger charge is -2.26. The van der Waals surface area contributed by atoms with Crippen LogP contribution in [-0.2, 0) is 17.6 Å². The van der Waals surface area contributed by atoms with Crippen molar-refractivity contribution in [1.82, 2.24) is 10.1 Å². The molecule has 0 spiro atoms. The lowest BCUT2D eigenvalue weighted by Crippen LogP contribution is -2.26. The number of rotatable bonds is 6. The Bertz CT molecular complexity index is 437. The van der Waals surface area contributed by atoms with Crippen LogP contribution in [0.25, 0.3) is 0 Å². The first-order chi connectivity index (χ1) is 9.94. The predicted octanol–water partition coefficient (Wildman–Crippen LogP) is 2.28. The number of aromatic nitrogens is 2. The van der Waals surface area contributed by atoms with Gasteiger partial charge in [0.15, 0.2) is 5.82 Å². The summed E-state index contributed by atoms with van der Waals surface area (Å²) in [6, 6.07) is 0. The van der Waals surface area contributed by atoms with Gasteiger partial charge in [0.05, 0.1) is 12.7 Å². The van der Waals surface area contributed by atoms with E-state index in [9.17, 15) is 18.3 Å². The molecule has 1 aromatic heterocycles. The SMILES string of the molecule is OC1CCCCC1Cc1nc(CCOCC(F)(F)F)no1. The van der Waals surface area contributed by atoms with Crippen molar-refractivity contribution in [3.63, 3.8) is 0 Å². The number of aliphatic hydroxyl groups excluding tert-OH is 1. The molecule has 1 N–H and O–H groups in total. The van der Waals surface area contributed by atoms with E-state index < -0.39 is 12.8 Å². The van der Waals surface area contributed by atoms with Crippen molar-refractivity contribution in [2.24, 2.45) is 5.92 Å². The molecule has 0 radical (unpaired) electrons. The topological polar surface area (TPSA) is 68.4 Å². The molecule has 0 aromatic carbocycles. The van der Waals surface area contributed by atoms with Crippen LogP contribution in [0.2, 0.25) is 0 Å². The first kappa shape index (κ1) is 16.2. The van der Waals surface area contributed by atoms with Gasteiger partial charge < -0.3 is 14.4 Å². The van der Waals surface area contributed by atoms with Crippen LogP contribution in [0.5, 0.6) is 0 Å². The quantitative estimate of drug-likeness (QED) is 0.817. The molecular weight excluding hydrogens is 289 g/mol. The van der Waals surface area contributed by atoms with Crippen molar-refractivity contribution in [3.8, 4) is 0 Å². The number of ether oxygens (including phenoxy) is 1. The Labute approximate surface area is 120 Å². The normalized spacial score (nSPS) is 23.4. The van der Waals surface area contributed by atoms with E-state index in [2.05, 4.69) is 14.9 Å². The van der Waals surface area contributed by atoms with E-state index >= 15 is 0 Å². The number of alkyl halides is 3. The van der Waals surface area contributed by atoms with Crippen molar-refractivity contribution < 1.29 is 27.5 Å². The van der Waals surface area contributed by atoms with E-state index in [-0.39, 0.29) is 25.0 Å². The highest BCUT2D eigenvalue weighted by atomic mass is 19.4. The van der Waals surface area contributed by atoms with E-state index in [1.54, 1.807) is 0 Å². The summed E-state index contributed by atoms with van der Waals surface area (Å²) in [5.41, 5.74) is 0. The third-order valence-electron chi connectivity index (χ3n) is 3.55. The van der Waals surface area contributed by atoms with Gasteiger partial charge in [-0.1, -0.05) is 18.0 Å². The molecule has 0 bridgehead atoms. The highest BCUT2D eigenvalue weighted by molar-refractivity contribution is 4.90. The molecule has 0 aliphatic heterocycles. The second-order valence-electron chi connectivity index (χ2n) is 5.34. The summed E-state index contributed by atoms with van der Waals surface area (Å²) in [4.78, 5) is 4.12. The molecule has 1 saturated carbocycles. The second kappa shape index (κ2) is 7.22. The Morgan fingerprint density at radius 1 is 1.29 bits per heavy atom. The van der Waals surface area contributed by atoms with Gasteiger partial charge in [0, 0.05) is 12.8 Å². The number of hydrogen-bond donors (Lipinski definition) is 1. The largest absolute Gasteiger partial charge is 0.411 e. The molecule has 21 heavy (non-hydrogen) atoms. The van der Waals surface area contributed by atoms with Crippen LogP contribution in [-0.4, -0.2) is 40.7 Å². The van der Waals surface area contributed by atoms with Crippen LogP contribution < -0.4 is 0 Å². The lowest BCUT2D eigenvalue weighted by molar-refractivity contribution is -0.173. The molecule has 1 fully saturated rings. The Morgan fingerprint density at radius 3 is 2.76 bits per heavy atom. The summed E-state index contributed by atoms with van der Waals surface area (Å²) in [7, 11) is 0. The minimum atomic E-state index is -4.32. The zero-order chi connectivity index (χ0) is 15.3. The molecule has 1 heterocycles. The molecule has 8 heteroatoms. The minimum Gasteiger partial charge on any atom is -0.393 e. The molecule has 2 unspecified atom stereocenters. The van der Waals surface area contributed by atoms with Crippen molar-refractivity contribution >= 4 is 0 Å². The molecule has 120 valence electrons. The summed E-state index contributed by atoms with van der Waals surface area (Å²) in [6.07, 6.45) is -0.157. The van der Waals surface area contributed by atoms with Gasteiger partial charge in [-0.15, -0.1) is 0 Å². The summed E-state index contributed by atoms with van der Waals surface area (Å²) >= 11 is 0. The Balaban J connectivity index is 1.73. The van der Waals surface area contributed by atoms with Gasteiger partial charge in [-0.25, -0.2) is 0 Å². The Hall–Kier alpha value is -1.15. The van der Waals surface area contributed by atoms with Gasteiger partial charge in [-0.2, -0.15) is 18.2 Å². The average Bonchev–Trinajstić information content (AvgIpc) is 2.84. The van der Waals surface area contributed by atoms with Gasteiger partial charge in [-0.05, 0) is 18.8 Å².